The Bertz CT molecular complexity index is 502. The Morgan fingerprint density at radius 1 is 1.47 bits per heavy atom. The van der Waals surface area contributed by atoms with Gasteiger partial charge in [-0.25, -0.2) is 4.99 Å². The average molecular weight is 231 g/mol. The molecule has 0 atom stereocenters. The van der Waals surface area contributed by atoms with E-state index in [2.05, 4.69) is 9.98 Å². The van der Waals surface area contributed by atoms with Crippen LogP contribution < -0.4 is 10.1 Å². The van der Waals surface area contributed by atoms with Crippen molar-refractivity contribution in [1.82, 2.24) is 0 Å². The molecule has 0 amide bonds. The second-order valence-corrected chi connectivity index (χ2v) is 3.88. The van der Waals surface area contributed by atoms with Crippen LogP contribution >= 0.6 is 0 Å². The second-order valence-electron chi connectivity index (χ2n) is 3.88. The van der Waals surface area contributed by atoms with Crippen molar-refractivity contribution in [2.45, 2.75) is 13.3 Å². The van der Waals surface area contributed by atoms with Gasteiger partial charge in [-0.15, -0.1) is 0 Å². The molecule has 4 heteroatoms. The van der Waals surface area contributed by atoms with E-state index in [0.29, 0.717) is 6.54 Å². The molecule has 1 N–H and O–H groups in total. The molecule has 0 unspecified atom stereocenters. The molecule has 4 nitrogen and oxygen atoms in total. The molecular weight excluding hydrogens is 216 g/mol. The van der Waals surface area contributed by atoms with Gasteiger partial charge in [0.2, 0.25) is 5.71 Å². The van der Waals surface area contributed by atoms with E-state index in [4.69, 9.17) is 4.42 Å². The SMILES string of the molecule is C[O+]=C1C=CC2=[NH+]C=C(CCN=C(C)[O-])C2=C1. The number of ketones is 1. The first-order valence-electron chi connectivity index (χ1n) is 5.53. The highest BCUT2D eigenvalue weighted by molar-refractivity contribution is 6.20. The molecule has 0 fully saturated rings. The van der Waals surface area contributed by atoms with Gasteiger partial charge in [0.05, 0.1) is 11.6 Å². The maximum atomic E-state index is 10.7. The summed E-state index contributed by atoms with van der Waals surface area (Å²) in [5, 5.41) is 10.7. The van der Waals surface area contributed by atoms with Crippen LogP contribution in [0.25, 0.3) is 0 Å². The fourth-order valence-corrected chi connectivity index (χ4v) is 1.83. The van der Waals surface area contributed by atoms with Gasteiger partial charge in [-0.3, -0.25) is 4.42 Å². The number of nitrogens with zero attached hydrogens (tertiary/aromatic N) is 1. The van der Waals surface area contributed by atoms with Gasteiger partial charge in [-0.05, 0) is 19.2 Å². The fraction of sp³-hybridized carbons (Fsp3) is 0.308. The summed E-state index contributed by atoms with van der Waals surface area (Å²) in [6, 6.07) is 0. The first-order chi connectivity index (χ1) is 8.20. The first-order valence-corrected chi connectivity index (χ1v) is 5.53. The lowest BCUT2D eigenvalue weighted by molar-refractivity contribution is -0.417. The molecule has 1 aliphatic carbocycles. The lowest BCUT2D eigenvalue weighted by atomic mass is 9.96. The Hall–Kier alpha value is -1.97. The van der Waals surface area contributed by atoms with Gasteiger partial charge in [0.15, 0.2) is 6.20 Å². The quantitative estimate of drug-likeness (QED) is 0.282. The highest BCUT2D eigenvalue weighted by Crippen LogP contribution is 2.19. The van der Waals surface area contributed by atoms with Crippen molar-refractivity contribution < 1.29 is 14.5 Å². The molecule has 0 bridgehead atoms. The van der Waals surface area contributed by atoms with Crippen LogP contribution in [0.2, 0.25) is 0 Å². The van der Waals surface area contributed by atoms with E-state index < -0.39 is 0 Å². The van der Waals surface area contributed by atoms with Crippen LogP contribution in [-0.4, -0.2) is 31.0 Å². The van der Waals surface area contributed by atoms with Gasteiger partial charge in [-0.2, -0.15) is 0 Å². The minimum atomic E-state index is -0.123. The van der Waals surface area contributed by atoms with Gasteiger partial charge >= 0.3 is 5.78 Å². The van der Waals surface area contributed by atoms with Gasteiger partial charge in [0, 0.05) is 24.3 Å². The third-order valence-corrected chi connectivity index (χ3v) is 2.69. The van der Waals surface area contributed by atoms with Gasteiger partial charge in [0.1, 0.15) is 0 Å². The number of allylic oxidation sites excluding steroid dienone is 4. The van der Waals surface area contributed by atoms with Crippen molar-refractivity contribution in [1.29, 1.82) is 0 Å². The Morgan fingerprint density at radius 2 is 2.29 bits per heavy atom. The van der Waals surface area contributed by atoms with E-state index in [1.54, 1.807) is 7.11 Å². The molecule has 1 heterocycles. The highest BCUT2D eigenvalue weighted by atomic mass is 16.4. The first kappa shape index (κ1) is 11.5. The van der Waals surface area contributed by atoms with E-state index in [1.807, 2.05) is 24.4 Å². The zero-order valence-electron chi connectivity index (χ0n) is 9.99. The number of carbonyl (C=O) groups excluding carboxylic acids is 1. The molecule has 0 aromatic carbocycles. The number of hydrogen-bond acceptors (Lipinski definition) is 2. The van der Waals surface area contributed by atoms with Crippen molar-refractivity contribution in [3.63, 3.8) is 0 Å². The molecule has 0 aromatic heterocycles. The average Bonchev–Trinajstić information content (AvgIpc) is 2.71. The summed E-state index contributed by atoms with van der Waals surface area (Å²) in [5.41, 5.74) is 3.36. The van der Waals surface area contributed by atoms with Crippen molar-refractivity contribution in [2.24, 2.45) is 4.99 Å². The van der Waals surface area contributed by atoms with Crippen molar-refractivity contribution in [2.75, 3.05) is 13.7 Å². The standard InChI is InChI=1S/C13H14N2O2/c1-9(16)14-6-5-10-8-15-13-4-3-11(17-2)7-12(10)13/h3-4,7-8H,5-6H2,1-2H3/p+1. The third-order valence-electron chi connectivity index (χ3n) is 2.69. The number of aliphatic imine (C=N–C) groups is 1. The second kappa shape index (κ2) is 4.91. The molecule has 2 rings (SSSR count). The number of rotatable bonds is 3. The number of nitrogens with one attached hydrogen (secondary N) is 1. The molecule has 88 valence electrons. The lowest BCUT2D eigenvalue weighted by Crippen LogP contribution is -2.63. The molecule has 0 spiro atoms. The summed E-state index contributed by atoms with van der Waals surface area (Å²) < 4.78 is 5.20. The largest absolute Gasteiger partial charge is 0.862 e. The summed E-state index contributed by atoms with van der Waals surface area (Å²) in [6.07, 6.45) is 8.61. The van der Waals surface area contributed by atoms with Crippen LogP contribution in [0, 0.1) is 0 Å². The maximum absolute atomic E-state index is 10.7. The van der Waals surface area contributed by atoms with Crippen LogP contribution in [0.4, 0.5) is 0 Å². The summed E-state index contributed by atoms with van der Waals surface area (Å²) in [5.74, 6) is 0.712. The smallest absolute Gasteiger partial charge is 0.344 e. The van der Waals surface area contributed by atoms with Crippen LogP contribution in [0.1, 0.15) is 13.3 Å². The van der Waals surface area contributed by atoms with E-state index in [-0.39, 0.29) is 5.90 Å². The molecule has 17 heavy (non-hydrogen) atoms. The van der Waals surface area contributed by atoms with Crippen LogP contribution in [0.3, 0.4) is 0 Å². The topological polar surface area (TPSA) is 60.7 Å². The Morgan fingerprint density at radius 3 is 3.00 bits per heavy atom. The number of hydrogen-bond donors (Lipinski definition) is 1. The minimum Gasteiger partial charge on any atom is -0.862 e. The van der Waals surface area contributed by atoms with Crippen LogP contribution in [0.15, 0.2) is 40.6 Å². The zero-order valence-corrected chi connectivity index (χ0v) is 9.99. The molecule has 0 saturated heterocycles. The van der Waals surface area contributed by atoms with Crippen molar-refractivity contribution in [3.8, 4) is 0 Å². The Labute approximate surface area is 100 Å². The third kappa shape index (κ3) is 2.58. The molecule has 0 aromatic rings. The van der Waals surface area contributed by atoms with E-state index in [0.717, 1.165) is 29.1 Å². The predicted molar refractivity (Wildman–Crippen MR) is 64.8 cm³/mol. The molecule has 1 aliphatic heterocycles. The lowest BCUT2D eigenvalue weighted by Gasteiger charge is -2.04. The van der Waals surface area contributed by atoms with Gasteiger partial charge < -0.3 is 10.1 Å². The van der Waals surface area contributed by atoms with E-state index in [9.17, 15) is 5.11 Å². The summed E-state index contributed by atoms with van der Waals surface area (Å²) in [7, 11) is 1.65. The van der Waals surface area contributed by atoms with E-state index in [1.165, 1.54) is 6.92 Å². The highest BCUT2D eigenvalue weighted by Gasteiger charge is 2.27. The van der Waals surface area contributed by atoms with Crippen LogP contribution in [0.5, 0.6) is 0 Å². The minimum absolute atomic E-state index is 0.123. The van der Waals surface area contributed by atoms with Crippen molar-refractivity contribution in [3.05, 3.63) is 35.6 Å². The molecule has 2 aliphatic rings. The monoisotopic (exact) mass is 231 g/mol. The summed E-state index contributed by atoms with van der Waals surface area (Å²) in [4.78, 5) is 7.06. The summed E-state index contributed by atoms with van der Waals surface area (Å²) in [6.45, 7) is 2.00. The summed E-state index contributed by atoms with van der Waals surface area (Å²) >= 11 is 0. The normalized spacial score (nSPS) is 21.2. The van der Waals surface area contributed by atoms with Crippen LogP contribution in [-0.2, 0) is 4.42 Å². The predicted octanol–water partition coefficient (Wildman–Crippen LogP) is -1.19. The Kier molecular flexibility index (Phi) is 3.32. The molecule has 0 saturated carbocycles. The number of fused-ring (bicyclic) bond motifs is 1. The van der Waals surface area contributed by atoms with E-state index >= 15 is 0 Å². The molecule has 0 radical (unpaired) electrons. The fourth-order valence-electron chi connectivity index (χ4n) is 1.83. The maximum Gasteiger partial charge on any atom is 0.344 e. The van der Waals surface area contributed by atoms with Crippen molar-refractivity contribution >= 4 is 17.4 Å². The van der Waals surface area contributed by atoms with Gasteiger partial charge in [0.25, 0.3) is 7.11 Å². The van der Waals surface area contributed by atoms with Gasteiger partial charge in [-0.1, -0.05) is 0 Å². The molecular formula is C13H15N2O2+. The zero-order chi connectivity index (χ0) is 12.3. The Balaban J connectivity index is 2.09.